The second-order valence-electron chi connectivity index (χ2n) is 7.41. The molecule has 2 aromatic carbocycles. The van der Waals surface area contributed by atoms with Crippen molar-refractivity contribution in [3.05, 3.63) is 59.7 Å². The van der Waals surface area contributed by atoms with Crippen molar-refractivity contribution in [1.29, 1.82) is 0 Å². The Kier molecular flexibility index (Phi) is 11.4. The van der Waals surface area contributed by atoms with Crippen molar-refractivity contribution in [2.45, 2.75) is 58.0 Å². The lowest BCUT2D eigenvalue weighted by molar-refractivity contribution is 0.0696. The molecule has 1 N–H and O–H groups in total. The molecule has 2 aromatic rings. The first-order valence-corrected chi connectivity index (χ1v) is 10.9. The normalized spacial score (nSPS) is 10.7. The van der Waals surface area contributed by atoms with Gasteiger partial charge in [0.1, 0.15) is 11.5 Å². The molecule has 0 atom stereocenters. The van der Waals surface area contributed by atoms with Crippen molar-refractivity contribution < 1.29 is 24.1 Å². The molecule has 0 saturated carbocycles. The second kappa shape index (κ2) is 14.5. The Hall–Kier alpha value is -2.53. The molecular formula is C25H34O5. The number of carboxylic acid groups (broad SMARTS) is 1. The first-order valence-electron chi connectivity index (χ1n) is 10.9. The summed E-state index contributed by atoms with van der Waals surface area (Å²) < 4.78 is 16.5. The molecule has 0 fully saturated rings. The van der Waals surface area contributed by atoms with Crippen LogP contribution in [0.4, 0.5) is 0 Å². The molecule has 0 amide bonds. The molecular weight excluding hydrogens is 380 g/mol. The minimum Gasteiger partial charge on any atom is -0.497 e. The monoisotopic (exact) mass is 414 g/mol. The van der Waals surface area contributed by atoms with Crippen LogP contribution in [0.1, 0.15) is 67.3 Å². The fourth-order valence-electron chi connectivity index (χ4n) is 3.16. The highest BCUT2D eigenvalue weighted by Gasteiger charge is 2.01. The summed E-state index contributed by atoms with van der Waals surface area (Å²) in [6.07, 6.45) is 9.62. The molecule has 0 aromatic heterocycles. The fourth-order valence-corrected chi connectivity index (χ4v) is 3.16. The van der Waals surface area contributed by atoms with Gasteiger partial charge in [-0.15, -0.1) is 0 Å². The summed E-state index contributed by atoms with van der Waals surface area (Å²) in [6, 6.07) is 14.6. The van der Waals surface area contributed by atoms with Gasteiger partial charge in [-0.05, 0) is 54.8 Å². The van der Waals surface area contributed by atoms with Gasteiger partial charge in [0.25, 0.3) is 0 Å². The predicted octanol–water partition coefficient (Wildman–Crippen LogP) is 6.11. The summed E-state index contributed by atoms with van der Waals surface area (Å²) in [7, 11) is 1.66. The molecule has 30 heavy (non-hydrogen) atoms. The number of rotatable bonds is 16. The van der Waals surface area contributed by atoms with E-state index in [1.807, 2.05) is 36.4 Å². The zero-order valence-corrected chi connectivity index (χ0v) is 18.0. The van der Waals surface area contributed by atoms with E-state index < -0.39 is 5.97 Å². The molecule has 2 rings (SSSR count). The van der Waals surface area contributed by atoms with Crippen LogP contribution in [0, 0.1) is 0 Å². The Morgan fingerprint density at radius 3 is 1.83 bits per heavy atom. The van der Waals surface area contributed by atoms with Gasteiger partial charge in [0, 0.05) is 6.61 Å². The molecule has 5 nitrogen and oxygen atoms in total. The first kappa shape index (κ1) is 23.7. The molecule has 0 bridgehead atoms. The largest absolute Gasteiger partial charge is 0.497 e. The van der Waals surface area contributed by atoms with Gasteiger partial charge in [0.05, 0.1) is 25.9 Å². The van der Waals surface area contributed by atoms with E-state index in [0.29, 0.717) is 12.2 Å². The lowest BCUT2D eigenvalue weighted by Gasteiger charge is -2.07. The van der Waals surface area contributed by atoms with Crippen LogP contribution in [0.15, 0.2) is 48.5 Å². The molecule has 5 heteroatoms. The van der Waals surface area contributed by atoms with E-state index in [9.17, 15) is 4.79 Å². The number of benzene rings is 2. The van der Waals surface area contributed by atoms with Gasteiger partial charge < -0.3 is 19.3 Å². The predicted molar refractivity (Wildman–Crippen MR) is 118 cm³/mol. The van der Waals surface area contributed by atoms with E-state index in [1.165, 1.54) is 38.5 Å². The average Bonchev–Trinajstić information content (AvgIpc) is 2.77. The van der Waals surface area contributed by atoms with E-state index in [1.54, 1.807) is 19.2 Å². The highest BCUT2D eigenvalue weighted by atomic mass is 16.5. The van der Waals surface area contributed by atoms with Crippen LogP contribution >= 0.6 is 0 Å². The van der Waals surface area contributed by atoms with Crippen molar-refractivity contribution in [2.75, 3.05) is 20.3 Å². The molecule has 0 saturated heterocycles. The van der Waals surface area contributed by atoms with Crippen LogP contribution in [0.3, 0.4) is 0 Å². The Morgan fingerprint density at radius 1 is 0.733 bits per heavy atom. The molecule has 0 aliphatic rings. The summed E-state index contributed by atoms with van der Waals surface area (Å²) in [6.45, 7) is 2.06. The Bertz CT molecular complexity index is 709. The van der Waals surface area contributed by atoms with Crippen LogP contribution < -0.4 is 9.47 Å². The van der Waals surface area contributed by atoms with E-state index in [-0.39, 0.29) is 0 Å². The Labute approximate surface area is 180 Å². The summed E-state index contributed by atoms with van der Waals surface area (Å²) in [4.78, 5) is 10.8. The highest BCUT2D eigenvalue weighted by Crippen LogP contribution is 2.17. The van der Waals surface area contributed by atoms with Gasteiger partial charge in [-0.25, -0.2) is 4.79 Å². The lowest BCUT2D eigenvalue weighted by Crippen LogP contribution is -1.98. The van der Waals surface area contributed by atoms with Crippen molar-refractivity contribution in [3.63, 3.8) is 0 Å². The zero-order valence-electron chi connectivity index (χ0n) is 18.0. The number of methoxy groups -OCH3 is 1. The lowest BCUT2D eigenvalue weighted by atomic mass is 10.1. The molecule has 0 radical (unpaired) electrons. The van der Waals surface area contributed by atoms with Gasteiger partial charge in [0.2, 0.25) is 0 Å². The third kappa shape index (κ3) is 9.79. The van der Waals surface area contributed by atoms with Gasteiger partial charge in [-0.2, -0.15) is 0 Å². The standard InChI is InChI=1S/C25H34O5/c1-28-23-14-16-24(17-15-23)30-19-9-7-5-3-2-4-6-8-18-29-20-21-10-12-22(13-11-21)25(26)27/h10-17H,2-9,18-20H2,1H3,(H,26,27). The third-order valence-electron chi connectivity index (χ3n) is 4.98. The first-order chi connectivity index (χ1) is 14.7. The highest BCUT2D eigenvalue weighted by molar-refractivity contribution is 5.87. The summed E-state index contributed by atoms with van der Waals surface area (Å²) >= 11 is 0. The number of ether oxygens (including phenoxy) is 3. The maximum Gasteiger partial charge on any atom is 0.335 e. The number of carboxylic acids is 1. The maximum atomic E-state index is 10.8. The van der Waals surface area contributed by atoms with Gasteiger partial charge in [0.15, 0.2) is 0 Å². The number of unbranched alkanes of at least 4 members (excludes halogenated alkanes) is 7. The number of hydrogen-bond acceptors (Lipinski definition) is 4. The molecule has 0 unspecified atom stereocenters. The van der Waals surface area contributed by atoms with Crippen molar-refractivity contribution >= 4 is 5.97 Å². The molecule has 0 aliphatic carbocycles. The number of hydrogen-bond donors (Lipinski definition) is 1. The van der Waals surface area contributed by atoms with Crippen molar-refractivity contribution in [3.8, 4) is 11.5 Å². The number of carbonyl (C=O) groups is 1. The maximum absolute atomic E-state index is 10.8. The van der Waals surface area contributed by atoms with Gasteiger partial charge >= 0.3 is 5.97 Å². The quantitative estimate of drug-likeness (QED) is 0.336. The minimum atomic E-state index is -0.899. The second-order valence-corrected chi connectivity index (χ2v) is 7.41. The van der Waals surface area contributed by atoms with Crippen molar-refractivity contribution in [2.24, 2.45) is 0 Å². The minimum absolute atomic E-state index is 0.309. The topological polar surface area (TPSA) is 65.0 Å². The van der Waals surface area contributed by atoms with E-state index in [2.05, 4.69) is 0 Å². The van der Waals surface area contributed by atoms with Crippen molar-refractivity contribution in [1.82, 2.24) is 0 Å². The van der Waals surface area contributed by atoms with E-state index in [0.717, 1.165) is 43.1 Å². The summed E-state index contributed by atoms with van der Waals surface area (Å²) in [5.74, 6) is 0.848. The fraction of sp³-hybridized carbons (Fsp3) is 0.480. The Morgan fingerprint density at radius 2 is 1.27 bits per heavy atom. The SMILES string of the molecule is COc1ccc(OCCCCCCCCCCOCc2ccc(C(=O)O)cc2)cc1. The smallest absolute Gasteiger partial charge is 0.335 e. The van der Waals surface area contributed by atoms with Crippen LogP contribution in [0.5, 0.6) is 11.5 Å². The van der Waals surface area contributed by atoms with Gasteiger partial charge in [-0.1, -0.05) is 50.7 Å². The molecule has 164 valence electrons. The number of aromatic carboxylic acids is 1. The van der Waals surface area contributed by atoms with Gasteiger partial charge in [-0.3, -0.25) is 0 Å². The summed E-state index contributed by atoms with van der Waals surface area (Å²) in [5, 5.41) is 8.88. The van der Waals surface area contributed by atoms with Crippen LogP contribution in [0.25, 0.3) is 0 Å². The van der Waals surface area contributed by atoms with E-state index in [4.69, 9.17) is 19.3 Å². The summed E-state index contributed by atoms with van der Waals surface area (Å²) in [5.41, 5.74) is 1.32. The third-order valence-corrected chi connectivity index (χ3v) is 4.98. The Balaban J connectivity index is 1.35. The van der Waals surface area contributed by atoms with Crippen LogP contribution in [-0.4, -0.2) is 31.4 Å². The van der Waals surface area contributed by atoms with Crippen LogP contribution in [-0.2, 0) is 11.3 Å². The van der Waals surface area contributed by atoms with Crippen LogP contribution in [0.2, 0.25) is 0 Å². The molecule has 0 spiro atoms. The van der Waals surface area contributed by atoms with E-state index >= 15 is 0 Å². The zero-order chi connectivity index (χ0) is 21.4. The molecule has 0 heterocycles. The molecule has 0 aliphatic heterocycles. The average molecular weight is 415 g/mol.